The zero-order valence-electron chi connectivity index (χ0n) is 32.8. The highest BCUT2D eigenvalue weighted by atomic mass is 79.9. The van der Waals surface area contributed by atoms with E-state index in [4.69, 9.17) is 9.47 Å². The molecular weight excluding hydrogens is 902 g/mol. The summed E-state index contributed by atoms with van der Waals surface area (Å²) in [7, 11) is 0. The number of benzene rings is 2. The van der Waals surface area contributed by atoms with E-state index in [0.29, 0.717) is 38.2 Å². The summed E-state index contributed by atoms with van der Waals surface area (Å²) in [6.07, 6.45) is -8.74. The molecular formula is C41H43BrF6N4O10. The molecule has 14 nitrogen and oxygen atoms in total. The third-order valence-electron chi connectivity index (χ3n) is 12.8. The quantitative estimate of drug-likeness (QED) is 0.137. The minimum absolute atomic E-state index is 0.0453. The zero-order chi connectivity index (χ0) is 44.8. The summed E-state index contributed by atoms with van der Waals surface area (Å²) < 4.78 is 98.3. The molecule has 2 aromatic rings. The van der Waals surface area contributed by atoms with E-state index in [2.05, 4.69) is 15.9 Å². The predicted molar refractivity (Wildman–Crippen MR) is 205 cm³/mol. The molecule has 3 heterocycles. The second-order valence-corrected chi connectivity index (χ2v) is 17.5. The number of carbonyl (C=O) groups is 6. The number of carboxylic acids is 2. The number of ether oxygens (including phenoxy) is 2. The summed E-state index contributed by atoms with van der Waals surface area (Å²) in [6, 6.07) is 0.262. The third-order valence-corrected chi connectivity index (χ3v) is 13.2. The molecule has 0 unspecified atom stereocenters. The number of aliphatic carboxylic acids is 2. The van der Waals surface area contributed by atoms with Gasteiger partial charge in [-0.1, -0.05) is 59.5 Å². The van der Waals surface area contributed by atoms with Crippen molar-refractivity contribution < 1.29 is 74.8 Å². The minimum Gasteiger partial charge on any atom is -0.480 e. The number of nitrogens with zero attached hydrogens (tertiary/aromatic N) is 2. The van der Waals surface area contributed by atoms with Crippen LogP contribution in [-0.2, 0) is 32.0 Å². The smallest absolute Gasteiger partial charge is 0.408 e. The van der Waals surface area contributed by atoms with Gasteiger partial charge in [0, 0.05) is 10.4 Å². The van der Waals surface area contributed by atoms with Crippen molar-refractivity contribution in [3.63, 3.8) is 0 Å². The average molecular weight is 946 g/mol. The number of likely N-dealkylation sites (tertiary alicyclic amines) is 2. The molecule has 62 heavy (non-hydrogen) atoms. The number of β-lactam (4-membered cyclic amide) rings is 2. The number of carbonyl (C=O) groups excluding carboxylic acids is 4. The van der Waals surface area contributed by atoms with E-state index in [1.54, 1.807) is 24.3 Å². The van der Waals surface area contributed by atoms with Crippen LogP contribution in [0.25, 0.3) is 0 Å². The van der Waals surface area contributed by atoms with Gasteiger partial charge < -0.3 is 30.3 Å². The van der Waals surface area contributed by atoms with Crippen LogP contribution in [0.15, 0.2) is 46.9 Å². The first-order valence-electron chi connectivity index (χ1n) is 20.3. The Morgan fingerprint density at radius 1 is 0.710 bits per heavy atom. The number of para-hydroxylation sites is 1. The molecule has 5 aliphatic rings. The van der Waals surface area contributed by atoms with Crippen LogP contribution in [0.3, 0.4) is 0 Å². The Kier molecular flexibility index (Phi) is 12.8. The standard InChI is InChI=1S/C41H43BrF6N4O10/c42-24-10-4-6-19(16-24)17-25-28(35(55)56)51(33(25)53)39(60)50-32(41(46,47)48)21-12-14-22(15-13-21)37-61-27-11-5-9-23(30(27)62-37)18-26-29(36(57)58)52(34(26)54)38(59)49-31(40(43,44)45)20-7-2-1-3-8-20/h4-6,9-11,16,20-22,25-26,28-29,31-32,37H,1-3,7-8,12-15,17-18H2,(H,49,59)(H,50,60)(H,55,56)(H,57,58)/t21?,22?,25-,26-,28+,29+,31+,32+,37-/m1/s1. The number of imide groups is 2. The van der Waals surface area contributed by atoms with Crippen molar-refractivity contribution in [1.29, 1.82) is 0 Å². The number of alkyl halides is 6. The Morgan fingerprint density at radius 3 is 1.74 bits per heavy atom. The van der Waals surface area contributed by atoms with Crippen LogP contribution >= 0.6 is 15.9 Å². The Labute approximate surface area is 358 Å². The van der Waals surface area contributed by atoms with Crippen LogP contribution in [0.1, 0.15) is 68.9 Å². The molecule has 2 saturated carbocycles. The fraction of sp³-hybridized carbons (Fsp3) is 0.561. The molecule has 4 fully saturated rings. The van der Waals surface area contributed by atoms with Crippen LogP contribution in [-0.4, -0.2) is 98.6 Å². The lowest BCUT2D eigenvalue weighted by molar-refractivity contribution is -0.174. The molecule has 4 N–H and O–H groups in total. The highest BCUT2D eigenvalue weighted by molar-refractivity contribution is 9.10. The van der Waals surface area contributed by atoms with E-state index in [-0.39, 0.29) is 62.9 Å². The van der Waals surface area contributed by atoms with E-state index in [1.807, 2.05) is 10.6 Å². The summed E-state index contributed by atoms with van der Waals surface area (Å²) in [5.74, 6) is -9.75. The van der Waals surface area contributed by atoms with Crippen molar-refractivity contribution in [2.75, 3.05) is 0 Å². The molecule has 6 amide bonds. The van der Waals surface area contributed by atoms with Gasteiger partial charge in [0.2, 0.25) is 18.1 Å². The van der Waals surface area contributed by atoms with Crippen LogP contribution < -0.4 is 20.1 Å². The molecule has 2 aromatic carbocycles. The maximum absolute atomic E-state index is 14.5. The predicted octanol–water partition coefficient (Wildman–Crippen LogP) is 6.82. The van der Waals surface area contributed by atoms with Gasteiger partial charge in [0.1, 0.15) is 12.1 Å². The first kappa shape index (κ1) is 45.0. The van der Waals surface area contributed by atoms with Crippen LogP contribution in [0, 0.1) is 29.6 Å². The highest BCUT2D eigenvalue weighted by Gasteiger charge is 2.58. The van der Waals surface area contributed by atoms with Gasteiger partial charge in [0.05, 0.1) is 11.8 Å². The van der Waals surface area contributed by atoms with Gasteiger partial charge in [0.15, 0.2) is 23.6 Å². The summed E-state index contributed by atoms with van der Waals surface area (Å²) in [4.78, 5) is 77.5. The molecule has 0 spiro atoms. The number of carboxylic acid groups (broad SMARTS) is 2. The van der Waals surface area contributed by atoms with Gasteiger partial charge in [-0.25, -0.2) is 29.0 Å². The van der Waals surface area contributed by atoms with Crippen molar-refractivity contribution in [2.24, 2.45) is 29.6 Å². The third kappa shape index (κ3) is 9.04. The number of urea groups is 2. The topological polar surface area (TPSA) is 192 Å². The Balaban J connectivity index is 0.958. The number of hydrogen-bond acceptors (Lipinski definition) is 8. The number of fused-ring (bicyclic) bond motifs is 1. The molecule has 2 aliphatic carbocycles. The van der Waals surface area contributed by atoms with Crippen LogP contribution in [0.2, 0.25) is 0 Å². The largest absolute Gasteiger partial charge is 0.480 e. The first-order chi connectivity index (χ1) is 29.2. The van der Waals surface area contributed by atoms with Crippen molar-refractivity contribution in [3.8, 4) is 11.5 Å². The lowest BCUT2D eigenvalue weighted by Crippen LogP contribution is -2.70. The fourth-order valence-electron chi connectivity index (χ4n) is 9.63. The molecule has 0 aromatic heterocycles. The fourth-order valence-corrected chi connectivity index (χ4v) is 10.1. The van der Waals surface area contributed by atoms with Crippen LogP contribution in [0.5, 0.6) is 11.5 Å². The number of halogens is 7. The number of hydrogen-bond donors (Lipinski definition) is 4. The van der Waals surface area contributed by atoms with E-state index in [1.165, 1.54) is 18.2 Å². The van der Waals surface area contributed by atoms with Gasteiger partial charge >= 0.3 is 36.4 Å². The first-order valence-corrected chi connectivity index (χ1v) is 21.1. The summed E-state index contributed by atoms with van der Waals surface area (Å²) >= 11 is 3.29. The average Bonchev–Trinajstić information content (AvgIpc) is 3.65. The normalized spacial score (nSPS) is 27.4. The lowest BCUT2D eigenvalue weighted by atomic mass is 9.77. The molecule has 21 heteroatoms. The Bertz CT molecular complexity index is 2090. The van der Waals surface area contributed by atoms with Gasteiger partial charge in [-0.3, -0.25) is 9.59 Å². The van der Waals surface area contributed by atoms with E-state index in [9.17, 15) is 65.3 Å². The highest BCUT2D eigenvalue weighted by Crippen LogP contribution is 2.46. The molecule has 336 valence electrons. The number of nitrogens with one attached hydrogen (secondary N) is 2. The lowest BCUT2D eigenvalue weighted by Gasteiger charge is -2.44. The molecule has 2 saturated heterocycles. The van der Waals surface area contributed by atoms with Gasteiger partial charge in [-0.2, -0.15) is 26.3 Å². The second-order valence-electron chi connectivity index (χ2n) is 16.6. The summed E-state index contributed by atoms with van der Waals surface area (Å²) in [5.41, 5.74) is 0.895. The van der Waals surface area contributed by atoms with E-state index in [0.717, 1.165) is 6.42 Å². The molecule has 0 radical (unpaired) electrons. The number of rotatable bonds is 11. The van der Waals surface area contributed by atoms with Crippen molar-refractivity contribution in [1.82, 2.24) is 20.4 Å². The van der Waals surface area contributed by atoms with Crippen LogP contribution in [0.4, 0.5) is 35.9 Å². The molecule has 3 aliphatic heterocycles. The van der Waals surface area contributed by atoms with Crippen molar-refractivity contribution >= 4 is 51.7 Å². The van der Waals surface area contributed by atoms with Gasteiger partial charge in [-0.05, 0) is 92.5 Å². The van der Waals surface area contributed by atoms with Gasteiger partial charge in [0.25, 0.3) is 0 Å². The van der Waals surface area contributed by atoms with Crippen molar-refractivity contribution in [2.45, 2.75) is 113 Å². The molecule has 7 rings (SSSR count). The SMILES string of the molecule is O=C(O)[C@@H]1[C@@H](Cc2cccc(Br)c2)C(=O)N1C(=O)N[C@@H](C1CCC([C@@H]2Oc3cccc(C[C@H]4C(=O)N(C(=O)N[C@@H](C5CCCCC5)C(F)(F)F)[C@@H]4C(=O)O)c3O2)CC1)C(F)(F)F. The summed E-state index contributed by atoms with van der Waals surface area (Å²) in [6.45, 7) is 0. The number of amides is 6. The monoisotopic (exact) mass is 944 g/mol. The van der Waals surface area contributed by atoms with Gasteiger partial charge in [-0.15, -0.1) is 0 Å². The minimum atomic E-state index is -4.96. The molecule has 0 bridgehead atoms. The Morgan fingerprint density at radius 2 is 1.23 bits per heavy atom. The van der Waals surface area contributed by atoms with Crippen molar-refractivity contribution in [3.05, 3.63) is 58.1 Å². The maximum atomic E-state index is 14.5. The maximum Gasteiger partial charge on any atom is 0.408 e. The Hall–Kier alpha value is -5.08. The van der Waals surface area contributed by atoms with E-state index >= 15 is 0 Å². The zero-order valence-corrected chi connectivity index (χ0v) is 34.4. The molecule has 7 atom stereocenters. The van der Waals surface area contributed by atoms with E-state index < -0.39 is 108 Å². The second kappa shape index (κ2) is 17.6. The summed E-state index contributed by atoms with van der Waals surface area (Å²) in [5, 5.41) is 23.6.